The molecule has 0 saturated carbocycles. The number of nitrogens with zero attached hydrogens (tertiary/aromatic N) is 1. The van der Waals surface area contributed by atoms with Crippen molar-refractivity contribution >= 4 is 0 Å². The summed E-state index contributed by atoms with van der Waals surface area (Å²) >= 11 is 0. The maximum absolute atomic E-state index is 11.4. The van der Waals surface area contributed by atoms with Crippen LogP contribution in [0.4, 0.5) is 0 Å². The van der Waals surface area contributed by atoms with Gasteiger partial charge in [-0.3, -0.25) is 4.90 Å². The van der Waals surface area contributed by atoms with Gasteiger partial charge in [0, 0.05) is 38.5 Å². The predicted octanol–water partition coefficient (Wildman–Crippen LogP) is -1.43. The van der Waals surface area contributed by atoms with Crippen molar-refractivity contribution in [2.75, 3.05) is 59.3 Å². The molecule has 52 heavy (non-hydrogen) atoms. The number of hydrogen-bond acceptors (Lipinski definition) is 17. The molecule has 0 aliphatic carbocycles. The molecule has 0 radical (unpaired) electrons. The van der Waals surface area contributed by atoms with Crippen LogP contribution in [-0.2, 0) is 37.9 Å². The summed E-state index contributed by atoms with van der Waals surface area (Å²) in [7, 11) is 0. The number of unbranched alkanes of at least 4 members (excludes halogenated alkanes) is 4. The van der Waals surface area contributed by atoms with E-state index in [0.717, 1.165) is 38.6 Å². The van der Waals surface area contributed by atoms with E-state index in [0.29, 0.717) is 32.7 Å². The van der Waals surface area contributed by atoms with Gasteiger partial charge >= 0.3 is 0 Å². The predicted molar refractivity (Wildman–Crippen MR) is 181 cm³/mol. The standard InChI is InChI=1S/C35H65NO16/c1-3-4-5-6-7-10-36(12-15-47-34-22(39)9-8-13-46-34)11-14-45-28-17-24(49-29-16-23(40)32(43)26(19-38)50-29)33(44)27(51-28)20-48-35-31(42)21(2)30(41)25(18-37)52-35/h21-35,37-44H,3-20H2,1-2H3/t21?,22?,23?,24?,25?,26?,27?,28-,29-,30-,31?,32-,33-,34?,35-/m0/s1. The highest BCUT2D eigenvalue weighted by Crippen LogP contribution is 2.31. The molecular formula is C35H65NO16. The lowest BCUT2D eigenvalue weighted by molar-refractivity contribution is -0.329. The van der Waals surface area contributed by atoms with Crippen molar-refractivity contribution in [2.45, 2.75) is 158 Å². The summed E-state index contributed by atoms with van der Waals surface area (Å²) in [5.41, 5.74) is 0. The largest absolute Gasteiger partial charge is 0.394 e. The molecule has 0 aromatic carbocycles. The molecule has 4 fully saturated rings. The first-order chi connectivity index (χ1) is 25.1. The summed E-state index contributed by atoms with van der Waals surface area (Å²) in [6.45, 7) is 5.63. The highest BCUT2D eigenvalue weighted by Gasteiger charge is 2.46. The zero-order valence-electron chi connectivity index (χ0n) is 30.7. The van der Waals surface area contributed by atoms with Gasteiger partial charge in [-0.2, -0.15) is 0 Å². The Balaban J connectivity index is 1.37. The van der Waals surface area contributed by atoms with Crippen molar-refractivity contribution < 1.29 is 78.7 Å². The molecule has 9 unspecified atom stereocenters. The normalized spacial score (nSPS) is 40.3. The molecular weight excluding hydrogens is 690 g/mol. The van der Waals surface area contributed by atoms with Crippen LogP contribution in [0.15, 0.2) is 0 Å². The van der Waals surface area contributed by atoms with Crippen LogP contribution in [0.3, 0.4) is 0 Å². The second-order valence-corrected chi connectivity index (χ2v) is 14.4. The monoisotopic (exact) mass is 755 g/mol. The van der Waals surface area contributed by atoms with Crippen LogP contribution in [0.5, 0.6) is 0 Å². The minimum Gasteiger partial charge on any atom is -0.394 e. The van der Waals surface area contributed by atoms with Crippen molar-refractivity contribution in [1.82, 2.24) is 4.90 Å². The van der Waals surface area contributed by atoms with Crippen molar-refractivity contribution in [2.24, 2.45) is 5.92 Å². The Morgan fingerprint density at radius 3 is 2.06 bits per heavy atom. The van der Waals surface area contributed by atoms with Gasteiger partial charge in [0.1, 0.15) is 42.7 Å². The highest BCUT2D eigenvalue weighted by atomic mass is 16.7. The fourth-order valence-electron chi connectivity index (χ4n) is 7.01. The van der Waals surface area contributed by atoms with Crippen molar-refractivity contribution in [1.29, 1.82) is 0 Å². The van der Waals surface area contributed by atoms with Crippen LogP contribution < -0.4 is 0 Å². The van der Waals surface area contributed by atoms with Crippen LogP contribution >= 0.6 is 0 Å². The third-order valence-corrected chi connectivity index (χ3v) is 10.4. The van der Waals surface area contributed by atoms with E-state index >= 15 is 0 Å². The summed E-state index contributed by atoms with van der Waals surface area (Å²) in [6, 6.07) is 0. The molecule has 0 aromatic rings. The number of aliphatic hydroxyl groups excluding tert-OH is 8. The number of rotatable bonds is 21. The molecule has 0 amide bonds. The quantitative estimate of drug-likeness (QED) is 0.0627. The summed E-state index contributed by atoms with van der Waals surface area (Å²) in [5.74, 6) is -0.662. The first-order valence-electron chi connectivity index (χ1n) is 19.2. The van der Waals surface area contributed by atoms with E-state index in [9.17, 15) is 40.9 Å². The van der Waals surface area contributed by atoms with E-state index in [1.54, 1.807) is 6.92 Å². The smallest absolute Gasteiger partial charge is 0.184 e. The van der Waals surface area contributed by atoms with E-state index in [-0.39, 0.29) is 26.1 Å². The molecule has 17 heteroatoms. The molecule has 0 aromatic heterocycles. The average molecular weight is 756 g/mol. The topological polar surface area (TPSA) is 239 Å². The maximum atomic E-state index is 11.4. The Morgan fingerprint density at radius 1 is 0.654 bits per heavy atom. The highest BCUT2D eigenvalue weighted by molar-refractivity contribution is 4.89. The minimum atomic E-state index is -1.30. The molecule has 4 saturated heterocycles. The molecule has 4 rings (SSSR count). The van der Waals surface area contributed by atoms with Gasteiger partial charge in [-0.15, -0.1) is 0 Å². The molecule has 0 spiro atoms. The Hall–Kier alpha value is -0.680. The molecule has 0 bridgehead atoms. The van der Waals surface area contributed by atoms with E-state index in [1.165, 1.54) is 6.42 Å². The van der Waals surface area contributed by atoms with Crippen LogP contribution in [-0.4, -0.2) is 191 Å². The Morgan fingerprint density at radius 2 is 1.35 bits per heavy atom. The maximum Gasteiger partial charge on any atom is 0.184 e. The molecule has 4 aliphatic rings. The second kappa shape index (κ2) is 22.8. The molecule has 15 atom stereocenters. The van der Waals surface area contributed by atoms with E-state index in [1.807, 2.05) is 0 Å². The number of ether oxygens (including phenoxy) is 8. The summed E-state index contributed by atoms with van der Waals surface area (Å²) < 4.78 is 47.0. The first-order valence-corrected chi connectivity index (χ1v) is 19.2. The van der Waals surface area contributed by atoms with Gasteiger partial charge < -0.3 is 78.7 Å². The zero-order chi connectivity index (χ0) is 37.6. The number of hydrogen-bond donors (Lipinski definition) is 8. The van der Waals surface area contributed by atoms with E-state index in [4.69, 9.17) is 37.9 Å². The lowest BCUT2D eigenvalue weighted by atomic mass is 9.91. The molecule has 8 N–H and O–H groups in total. The molecule has 4 aliphatic heterocycles. The third kappa shape index (κ3) is 12.9. The van der Waals surface area contributed by atoms with Gasteiger partial charge in [0.25, 0.3) is 0 Å². The van der Waals surface area contributed by atoms with Gasteiger partial charge in [0.15, 0.2) is 25.2 Å². The molecule has 17 nitrogen and oxygen atoms in total. The van der Waals surface area contributed by atoms with E-state index in [2.05, 4.69) is 11.8 Å². The number of aliphatic hydroxyl groups is 8. The minimum absolute atomic E-state index is 0.0787. The van der Waals surface area contributed by atoms with Crippen LogP contribution in [0, 0.1) is 5.92 Å². The second-order valence-electron chi connectivity index (χ2n) is 14.4. The lowest BCUT2D eigenvalue weighted by Crippen LogP contribution is -2.58. The van der Waals surface area contributed by atoms with Crippen molar-refractivity contribution in [3.8, 4) is 0 Å². The third-order valence-electron chi connectivity index (χ3n) is 10.4. The zero-order valence-corrected chi connectivity index (χ0v) is 30.7. The lowest BCUT2D eigenvalue weighted by Gasteiger charge is -2.44. The first kappa shape index (κ1) is 44.0. The Bertz CT molecular complexity index is 970. The van der Waals surface area contributed by atoms with Gasteiger partial charge in [-0.05, 0) is 25.8 Å². The Kier molecular flexibility index (Phi) is 19.3. The fraction of sp³-hybridized carbons (Fsp3) is 1.00. The fourth-order valence-corrected chi connectivity index (χ4v) is 7.01. The average Bonchev–Trinajstić information content (AvgIpc) is 3.13. The van der Waals surface area contributed by atoms with Crippen LogP contribution in [0.2, 0.25) is 0 Å². The summed E-state index contributed by atoms with van der Waals surface area (Å²) in [5, 5.41) is 82.4. The van der Waals surface area contributed by atoms with Crippen LogP contribution in [0.1, 0.15) is 71.6 Å². The van der Waals surface area contributed by atoms with Gasteiger partial charge in [0.05, 0.1) is 51.3 Å². The molecule has 4 heterocycles. The van der Waals surface area contributed by atoms with Gasteiger partial charge in [-0.1, -0.05) is 39.5 Å². The van der Waals surface area contributed by atoms with Crippen LogP contribution in [0.25, 0.3) is 0 Å². The molecule has 306 valence electrons. The van der Waals surface area contributed by atoms with Crippen molar-refractivity contribution in [3.05, 3.63) is 0 Å². The Labute approximate surface area is 306 Å². The van der Waals surface area contributed by atoms with Crippen molar-refractivity contribution in [3.63, 3.8) is 0 Å². The SMILES string of the molecule is CCCCCCCN(CCOC1OCCCC1O)CCO[C@@H]1CC(O[C@@H]2CC(O)[C@H](O)C(CO)O2)[C@H](O)C(CO[C@H]2OC(CO)[C@@H](O)C(C)C2O)O1. The van der Waals surface area contributed by atoms with Gasteiger partial charge in [0.2, 0.25) is 0 Å². The summed E-state index contributed by atoms with van der Waals surface area (Å²) in [4.78, 5) is 2.22. The van der Waals surface area contributed by atoms with E-state index < -0.39 is 105 Å². The summed E-state index contributed by atoms with van der Waals surface area (Å²) in [6.07, 6.45) is -7.56. The van der Waals surface area contributed by atoms with Gasteiger partial charge in [-0.25, -0.2) is 0 Å².